The molecule has 0 amide bonds. The number of nitrogens with one attached hydrogen (secondary N) is 1. The molecule has 0 aliphatic rings. The molecular weight excluding hydrogens is 216 g/mol. The Morgan fingerprint density at radius 2 is 2.12 bits per heavy atom. The molecule has 1 aromatic carbocycles. The van der Waals surface area contributed by atoms with E-state index in [1.54, 1.807) is 6.20 Å². The minimum Gasteiger partial charge on any atom is -0.481 e. The van der Waals surface area contributed by atoms with Gasteiger partial charge in [-0.05, 0) is 17.5 Å². The molecular formula is C13H11N2O2+. The summed E-state index contributed by atoms with van der Waals surface area (Å²) in [5, 5.41) is 11.1. The highest BCUT2D eigenvalue weighted by atomic mass is 16.4. The maximum absolute atomic E-state index is 10.7. The molecule has 0 fully saturated rings. The van der Waals surface area contributed by atoms with E-state index in [1.807, 2.05) is 40.9 Å². The van der Waals surface area contributed by atoms with Crippen molar-refractivity contribution in [3.05, 3.63) is 48.4 Å². The van der Waals surface area contributed by atoms with Gasteiger partial charge < -0.3 is 5.11 Å². The number of H-pyrrole nitrogens is 1. The summed E-state index contributed by atoms with van der Waals surface area (Å²) in [5.41, 5.74) is 1.68. The average Bonchev–Trinajstić information content (AvgIpc) is 2.72. The number of rotatable bonds is 2. The molecule has 3 aromatic rings. The summed E-state index contributed by atoms with van der Waals surface area (Å²) in [6.07, 6.45) is 3.66. The number of fused-ring (bicyclic) bond motifs is 3. The van der Waals surface area contributed by atoms with Crippen LogP contribution < -0.4 is 4.40 Å². The number of pyridine rings is 1. The van der Waals surface area contributed by atoms with E-state index in [2.05, 4.69) is 4.98 Å². The molecule has 2 N–H and O–H groups in total. The minimum absolute atomic E-state index is 0.0169. The molecule has 84 valence electrons. The molecule has 4 heteroatoms. The van der Waals surface area contributed by atoms with E-state index in [-0.39, 0.29) is 6.42 Å². The number of aromatic nitrogens is 2. The highest BCUT2D eigenvalue weighted by Gasteiger charge is 2.15. The Labute approximate surface area is 97.1 Å². The van der Waals surface area contributed by atoms with Crippen molar-refractivity contribution in [2.75, 3.05) is 0 Å². The van der Waals surface area contributed by atoms with Crippen molar-refractivity contribution >= 4 is 22.4 Å². The van der Waals surface area contributed by atoms with Crippen LogP contribution in [0.25, 0.3) is 16.4 Å². The Kier molecular flexibility index (Phi) is 2.08. The first-order chi connectivity index (χ1) is 8.25. The number of carboxylic acids is 1. The van der Waals surface area contributed by atoms with Crippen LogP contribution in [0.15, 0.2) is 42.7 Å². The van der Waals surface area contributed by atoms with Gasteiger partial charge in [0.2, 0.25) is 0 Å². The number of nitrogens with zero attached hydrogens (tertiary/aromatic N) is 1. The van der Waals surface area contributed by atoms with E-state index in [1.165, 1.54) is 0 Å². The molecule has 17 heavy (non-hydrogen) atoms. The predicted molar refractivity (Wildman–Crippen MR) is 62.8 cm³/mol. The molecule has 0 radical (unpaired) electrons. The van der Waals surface area contributed by atoms with E-state index in [0.29, 0.717) is 0 Å². The largest absolute Gasteiger partial charge is 0.481 e. The zero-order chi connectivity index (χ0) is 11.8. The molecule has 0 saturated carbocycles. The lowest BCUT2D eigenvalue weighted by atomic mass is 10.2. The molecule has 2 aromatic heterocycles. The predicted octanol–water partition coefficient (Wildman–Crippen LogP) is 1.53. The fourth-order valence-electron chi connectivity index (χ4n) is 2.12. The van der Waals surface area contributed by atoms with Gasteiger partial charge in [-0.1, -0.05) is 18.2 Å². The second-order valence-electron chi connectivity index (χ2n) is 3.97. The van der Waals surface area contributed by atoms with Gasteiger partial charge in [0.15, 0.2) is 5.69 Å². The van der Waals surface area contributed by atoms with Crippen LogP contribution >= 0.6 is 0 Å². The molecule has 2 heterocycles. The van der Waals surface area contributed by atoms with Gasteiger partial charge in [0.1, 0.15) is 12.6 Å². The summed E-state index contributed by atoms with van der Waals surface area (Å²) in [4.78, 5) is 13.9. The van der Waals surface area contributed by atoms with Crippen LogP contribution in [0.5, 0.6) is 0 Å². The van der Waals surface area contributed by atoms with E-state index < -0.39 is 5.97 Å². The van der Waals surface area contributed by atoms with Crippen LogP contribution in [0.1, 0.15) is 5.69 Å². The number of imidazole rings is 1. The third kappa shape index (κ3) is 1.54. The van der Waals surface area contributed by atoms with Crippen molar-refractivity contribution in [1.29, 1.82) is 0 Å². The lowest BCUT2D eigenvalue weighted by molar-refractivity contribution is -0.517. The van der Waals surface area contributed by atoms with Crippen LogP contribution in [-0.4, -0.2) is 16.1 Å². The zero-order valence-corrected chi connectivity index (χ0v) is 9.05. The molecule has 0 unspecified atom stereocenters. The first-order valence-electron chi connectivity index (χ1n) is 5.37. The van der Waals surface area contributed by atoms with Gasteiger partial charge in [-0.3, -0.25) is 4.79 Å². The van der Waals surface area contributed by atoms with Crippen molar-refractivity contribution in [3.8, 4) is 0 Å². The maximum Gasteiger partial charge on any atom is 0.311 e. The van der Waals surface area contributed by atoms with E-state index >= 15 is 0 Å². The third-order valence-electron chi connectivity index (χ3n) is 2.88. The SMILES string of the molecule is O=C(O)Cc1c[nH]c2c3ccccc3cc[n+]12. The van der Waals surface area contributed by atoms with Crippen molar-refractivity contribution < 1.29 is 14.3 Å². The summed E-state index contributed by atoms with van der Waals surface area (Å²) in [6, 6.07) is 10.0. The van der Waals surface area contributed by atoms with E-state index in [9.17, 15) is 4.79 Å². The minimum atomic E-state index is -0.827. The first-order valence-corrected chi connectivity index (χ1v) is 5.37. The summed E-state index contributed by atoms with van der Waals surface area (Å²) in [6.45, 7) is 0. The van der Waals surface area contributed by atoms with Crippen molar-refractivity contribution in [3.63, 3.8) is 0 Å². The van der Waals surface area contributed by atoms with Gasteiger partial charge >= 0.3 is 5.97 Å². The third-order valence-corrected chi connectivity index (χ3v) is 2.88. The molecule has 3 rings (SSSR count). The number of hydrogen-bond donors (Lipinski definition) is 2. The van der Waals surface area contributed by atoms with E-state index in [0.717, 1.165) is 22.1 Å². The molecule has 0 aliphatic carbocycles. The number of carboxylic acid groups (broad SMARTS) is 1. The number of aromatic amines is 1. The average molecular weight is 227 g/mol. The quantitative estimate of drug-likeness (QED) is 0.652. The fourth-order valence-corrected chi connectivity index (χ4v) is 2.12. The van der Waals surface area contributed by atoms with Gasteiger partial charge in [-0.25, -0.2) is 4.98 Å². The van der Waals surface area contributed by atoms with Crippen LogP contribution in [0.4, 0.5) is 0 Å². The summed E-state index contributed by atoms with van der Waals surface area (Å²) in [5.74, 6) is -0.827. The number of benzene rings is 1. The van der Waals surface area contributed by atoms with Crippen LogP contribution in [-0.2, 0) is 11.2 Å². The molecule has 0 saturated heterocycles. The Bertz CT molecular complexity index is 716. The number of carbonyl (C=O) groups is 1. The van der Waals surface area contributed by atoms with Gasteiger partial charge in [0.25, 0.3) is 5.65 Å². The lowest BCUT2D eigenvalue weighted by Crippen LogP contribution is -2.25. The van der Waals surface area contributed by atoms with Crippen molar-refractivity contribution in [1.82, 2.24) is 4.98 Å². The Balaban J connectivity index is 2.31. The van der Waals surface area contributed by atoms with Gasteiger partial charge in [0.05, 0.1) is 11.6 Å². The zero-order valence-electron chi connectivity index (χ0n) is 9.05. The second-order valence-corrected chi connectivity index (χ2v) is 3.97. The smallest absolute Gasteiger partial charge is 0.311 e. The van der Waals surface area contributed by atoms with Gasteiger partial charge in [-0.2, -0.15) is 4.40 Å². The topological polar surface area (TPSA) is 57.2 Å². The Hall–Kier alpha value is -2.36. The van der Waals surface area contributed by atoms with Gasteiger partial charge in [-0.15, -0.1) is 0 Å². The lowest BCUT2D eigenvalue weighted by Gasteiger charge is -1.96. The van der Waals surface area contributed by atoms with Crippen LogP contribution in [0.3, 0.4) is 0 Å². The maximum atomic E-state index is 10.7. The normalized spacial score (nSPS) is 11.1. The van der Waals surface area contributed by atoms with Gasteiger partial charge in [0, 0.05) is 0 Å². The summed E-state index contributed by atoms with van der Waals surface area (Å²) >= 11 is 0. The molecule has 0 spiro atoms. The standard InChI is InChI=1S/C13H10N2O2/c16-12(17)7-10-8-14-13-11-4-2-1-3-9(11)5-6-15(10)13/h1-6,8H,7H2,(H,16,17)/p+1. The van der Waals surface area contributed by atoms with Crippen molar-refractivity contribution in [2.24, 2.45) is 0 Å². The van der Waals surface area contributed by atoms with E-state index in [4.69, 9.17) is 5.11 Å². The second kappa shape index (κ2) is 3.59. The van der Waals surface area contributed by atoms with Crippen LogP contribution in [0, 0.1) is 0 Å². The number of hydrogen-bond acceptors (Lipinski definition) is 1. The molecule has 0 atom stereocenters. The summed E-state index contributed by atoms with van der Waals surface area (Å²) < 4.78 is 1.89. The monoisotopic (exact) mass is 227 g/mol. The molecule has 4 nitrogen and oxygen atoms in total. The molecule has 0 aliphatic heterocycles. The fraction of sp³-hybridized carbons (Fsp3) is 0.0769. The van der Waals surface area contributed by atoms with Crippen LogP contribution in [0.2, 0.25) is 0 Å². The first kappa shape index (κ1) is 9.84. The molecule has 0 bridgehead atoms. The Morgan fingerprint density at radius 1 is 1.29 bits per heavy atom. The highest BCUT2D eigenvalue weighted by Crippen LogP contribution is 2.15. The Morgan fingerprint density at radius 3 is 2.94 bits per heavy atom. The van der Waals surface area contributed by atoms with Crippen molar-refractivity contribution in [2.45, 2.75) is 6.42 Å². The summed E-state index contributed by atoms with van der Waals surface area (Å²) in [7, 11) is 0. The number of aliphatic carboxylic acids is 1. The highest BCUT2D eigenvalue weighted by molar-refractivity contribution is 5.91.